The normalized spacial score (nSPS) is 9.56. The molecule has 0 saturated heterocycles. The van der Waals surface area contributed by atoms with Crippen LogP contribution in [0.4, 0.5) is 5.69 Å². The minimum Gasteiger partial charge on any atom is -0.478 e. The SMILES string of the molecule is N#CCSCC(=O)Nc1cc(C(=O)O)ccc1Cl. The third-order valence-electron chi connectivity index (χ3n) is 1.89. The Kier molecular flexibility index (Phi) is 5.49. The summed E-state index contributed by atoms with van der Waals surface area (Å²) >= 11 is 7.00. The van der Waals surface area contributed by atoms with Gasteiger partial charge in [0, 0.05) is 0 Å². The van der Waals surface area contributed by atoms with E-state index in [1.807, 2.05) is 6.07 Å². The third kappa shape index (κ3) is 4.28. The van der Waals surface area contributed by atoms with Crippen LogP contribution in [0.5, 0.6) is 0 Å². The highest BCUT2D eigenvalue weighted by Gasteiger charge is 2.10. The summed E-state index contributed by atoms with van der Waals surface area (Å²) in [5.41, 5.74) is 0.290. The number of carboxylic acid groups (broad SMARTS) is 1. The van der Waals surface area contributed by atoms with E-state index in [1.54, 1.807) is 0 Å². The van der Waals surface area contributed by atoms with Crippen molar-refractivity contribution in [1.29, 1.82) is 5.26 Å². The molecule has 0 aliphatic heterocycles. The summed E-state index contributed by atoms with van der Waals surface area (Å²) in [7, 11) is 0. The van der Waals surface area contributed by atoms with Gasteiger partial charge in [0.05, 0.1) is 33.8 Å². The number of hydrogen-bond acceptors (Lipinski definition) is 4. The minimum absolute atomic E-state index is 0.0411. The van der Waals surface area contributed by atoms with Crippen LogP contribution in [-0.4, -0.2) is 28.5 Å². The first-order chi connectivity index (χ1) is 8.54. The molecular weight excluding hydrogens is 276 g/mol. The van der Waals surface area contributed by atoms with Crippen molar-refractivity contribution in [3.05, 3.63) is 28.8 Å². The van der Waals surface area contributed by atoms with Crippen LogP contribution < -0.4 is 5.32 Å². The molecule has 0 heterocycles. The summed E-state index contributed by atoms with van der Waals surface area (Å²) < 4.78 is 0. The molecule has 1 aromatic carbocycles. The maximum absolute atomic E-state index is 11.5. The first-order valence-corrected chi connectivity index (χ1v) is 6.35. The number of carbonyl (C=O) groups excluding carboxylic acids is 1. The molecule has 94 valence electrons. The average molecular weight is 285 g/mol. The molecule has 7 heteroatoms. The summed E-state index contributed by atoms with van der Waals surface area (Å²) in [4.78, 5) is 22.2. The number of anilines is 1. The zero-order chi connectivity index (χ0) is 13.5. The van der Waals surface area contributed by atoms with Gasteiger partial charge in [0.1, 0.15) is 0 Å². The van der Waals surface area contributed by atoms with Gasteiger partial charge < -0.3 is 10.4 Å². The van der Waals surface area contributed by atoms with Crippen LogP contribution >= 0.6 is 23.4 Å². The molecule has 0 aliphatic carbocycles. The van der Waals surface area contributed by atoms with E-state index in [2.05, 4.69) is 5.32 Å². The maximum atomic E-state index is 11.5. The second-order valence-electron chi connectivity index (χ2n) is 3.20. The van der Waals surface area contributed by atoms with Crippen molar-refractivity contribution in [2.45, 2.75) is 0 Å². The topological polar surface area (TPSA) is 90.2 Å². The lowest BCUT2D eigenvalue weighted by atomic mass is 10.2. The van der Waals surface area contributed by atoms with Gasteiger partial charge in [-0.1, -0.05) is 11.6 Å². The number of thioether (sulfide) groups is 1. The Labute approximate surface area is 113 Å². The lowest BCUT2D eigenvalue weighted by molar-refractivity contribution is -0.113. The molecule has 0 aromatic heterocycles. The molecule has 0 bridgehead atoms. The smallest absolute Gasteiger partial charge is 0.335 e. The Morgan fingerprint density at radius 2 is 2.22 bits per heavy atom. The zero-order valence-electron chi connectivity index (χ0n) is 9.14. The number of nitrogens with one attached hydrogen (secondary N) is 1. The van der Waals surface area contributed by atoms with Gasteiger partial charge in [0.2, 0.25) is 5.91 Å². The molecule has 1 aromatic rings. The van der Waals surface area contributed by atoms with Gasteiger partial charge >= 0.3 is 5.97 Å². The summed E-state index contributed by atoms with van der Waals surface area (Å²) in [6.07, 6.45) is 0. The number of aromatic carboxylic acids is 1. The number of nitriles is 1. The second kappa shape index (κ2) is 6.89. The molecule has 0 radical (unpaired) electrons. The fraction of sp³-hybridized carbons (Fsp3) is 0.182. The summed E-state index contributed by atoms with van der Waals surface area (Å²) in [5.74, 6) is -1.10. The highest BCUT2D eigenvalue weighted by molar-refractivity contribution is 8.00. The van der Waals surface area contributed by atoms with Crippen LogP contribution in [0.3, 0.4) is 0 Å². The third-order valence-corrected chi connectivity index (χ3v) is 3.02. The maximum Gasteiger partial charge on any atom is 0.335 e. The molecule has 1 amide bonds. The number of nitrogens with zero attached hydrogens (tertiary/aromatic N) is 1. The molecule has 0 spiro atoms. The van der Waals surface area contributed by atoms with Crippen LogP contribution in [-0.2, 0) is 4.79 Å². The van der Waals surface area contributed by atoms with Crippen molar-refractivity contribution in [3.63, 3.8) is 0 Å². The first-order valence-electron chi connectivity index (χ1n) is 4.82. The van der Waals surface area contributed by atoms with Crippen molar-refractivity contribution in [2.75, 3.05) is 16.8 Å². The summed E-state index contributed by atoms with van der Waals surface area (Å²) in [6.45, 7) is 0. The Morgan fingerprint density at radius 3 is 2.83 bits per heavy atom. The summed E-state index contributed by atoms with van der Waals surface area (Å²) in [5, 5.41) is 19.9. The summed E-state index contributed by atoms with van der Waals surface area (Å²) in [6, 6.07) is 5.95. The lowest BCUT2D eigenvalue weighted by Gasteiger charge is -2.07. The minimum atomic E-state index is -1.10. The van der Waals surface area contributed by atoms with Gasteiger partial charge in [-0.25, -0.2) is 4.79 Å². The monoisotopic (exact) mass is 284 g/mol. The molecule has 2 N–H and O–H groups in total. The number of rotatable bonds is 5. The van der Waals surface area contributed by atoms with E-state index >= 15 is 0 Å². The molecule has 0 fully saturated rings. The molecule has 0 saturated carbocycles. The van der Waals surface area contributed by atoms with E-state index in [0.29, 0.717) is 0 Å². The van der Waals surface area contributed by atoms with E-state index in [0.717, 1.165) is 11.8 Å². The second-order valence-corrected chi connectivity index (χ2v) is 4.59. The standard InChI is InChI=1S/C11H9ClN2O3S/c12-8-2-1-7(11(16)17)5-9(8)14-10(15)6-18-4-3-13/h1-2,5H,4,6H2,(H,14,15)(H,16,17). The van der Waals surface area contributed by atoms with Gasteiger partial charge in [-0.15, -0.1) is 11.8 Å². The van der Waals surface area contributed by atoms with Crippen molar-refractivity contribution < 1.29 is 14.7 Å². The molecule has 0 unspecified atom stereocenters. The fourth-order valence-electron chi connectivity index (χ4n) is 1.13. The van der Waals surface area contributed by atoms with E-state index < -0.39 is 5.97 Å². The predicted octanol–water partition coefficient (Wildman–Crippen LogP) is 2.23. The molecular formula is C11H9ClN2O3S. The van der Waals surface area contributed by atoms with Gasteiger partial charge in [0.25, 0.3) is 0 Å². The van der Waals surface area contributed by atoms with Gasteiger partial charge in [0.15, 0.2) is 0 Å². The number of benzene rings is 1. The van der Waals surface area contributed by atoms with Crippen molar-refractivity contribution in [2.24, 2.45) is 0 Å². The zero-order valence-corrected chi connectivity index (χ0v) is 10.7. The number of carboxylic acids is 1. The number of amides is 1. The predicted molar refractivity (Wildman–Crippen MR) is 70.0 cm³/mol. The van der Waals surface area contributed by atoms with E-state index in [-0.39, 0.29) is 33.7 Å². The van der Waals surface area contributed by atoms with Gasteiger partial charge in [-0.05, 0) is 18.2 Å². The Hall–Kier alpha value is -1.71. The van der Waals surface area contributed by atoms with Crippen LogP contribution in [0.15, 0.2) is 18.2 Å². The van der Waals surface area contributed by atoms with Crippen molar-refractivity contribution in [3.8, 4) is 6.07 Å². The van der Waals surface area contributed by atoms with Gasteiger partial charge in [-0.3, -0.25) is 4.79 Å². The largest absolute Gasteiger partial charge is 0.478 e. The number of hydrogen-bond donors (Lipinski definition) is 2. The number of halogens is 1. The Bertz CT molecular complexity index is 514. The fourth-order valence-corrected chi connectivity index (χ4v) is 1.75. The van der Waals surface area contributed by atoms with Crippen LogP contribution in [0, 0.1) is 11.3 Å². The van der Waals surface area contributed by atoms with Crippen LogP contribution in [0.1, 0.15) is 10.4 Å². The number of carbonyl (C=O) groups is 2. The van der Waals surface area contributed by atoms with Crippen LogP contribution in [0.2, 0.25) is 5.02 Å². The van der Waals surface area contributed by atoms with Crippen molar-refractivity contribution >= 4 is 40.9 Å². The first kappa shape index (κ1) is 14.4. The lowest BCUT2D eigenvalue weighted by Crippen LogP contribution is -2.15. The molecule has 0 atom stereocenters. The van der Waals surface area contributed by atoms with E-state index in [9.17, 15) is 9.59 Å². The highest BCUT2D eigenvalue weighted by Crippen LogP contribution is 2.23. The molecule has 5 nitrogen and oxygen atoms in total. The van der Waals surface area contributed by atoms with Crippen molar-refractivity contribution in [1.82, 2.24) is 0 Å². The molecule has 0 aliphatic rings. The Balaban J connectivity index is 2.72. The van der Waals surface area contributed by atoms with Gasteiger partial charge in [-0.2, -0.15) is 5.26 Å². The van der Waals surface area contributed by atoms with E-state index in [1.165, 1.54) is 18.2 Å². The molecule has 1 rings (SSSR count). The highest BCUT2D eigenvalue weighted by atomic mass is 35.5. The molecule has 18 heavy (non-hydrogen) atoms. The van der Waals surface area contributed by atoms with E-state index in [4.69, 9.17) is 22.0 Å². The van der Waals surface area contributed by atoms with Crippen LogP contribution in [0.25, 0.3) is 0 Å². The Morgan fingerprint density at radius 1 is 1.50 bits per heavy atom. The average Bonchev–Trinajstić information content (AvgIpc) is 2.32. The quantitative estimate of drug-likeness (QED) is 0.809.